The van der Waals surface area contributed by atoms with Crippen LogP contribution in [0.3, 0.4) is 0 Å². The van der Waals surface area contributed by atoms with E-state index < -0.39 is 9.84 Å². The number of halogens is 1. The molecule has 0 bridgehead atoms. The highest BCUT2D eigenvalue weighted by Gasteiger charge is 2.18. The molecule has 0 aromatic heterocycles. The minimum atomic E-state index is -2.99. The summed E-state index contributed by atoms with van der Waals surface area (Å²) in [4.78, 5) is 4.19. The minimum Gasteiger partial charge on any atom is -0.488 e. The number of sulfone groups is 1. The summed E-state index contributed by atoms with van der Waals surface area (Å²) in [6.07, 6.45) is 2.20. The van der Waals surface area contributed by atoms with E-state index in [2.05, 4.69) is 27.8 Å². The smallest absolute Gasteiger partial charge is 0.191 e. The van der Waals surface area contributed by atoms with E-state index in [1.807, 2.05) is 13.0 Å². The van der Waals surface area contributed by atoms with Crippen LogP contribution in [0.1, 0.15) is 17.5 Å². The number of hydrogen-bond donors (Lipinski definition) is 2. The van der Waals surface area contributed by atoms with Gasteiger partial charge in [0.1, 0.15) is 21.7 Å². The summed E-state index contributed by atoms with van der Waals surface area (Å²) in [6.45, 7) is 5.10. The molecule has 1 unspecified atom stereocenters. The summed E-state index contributed by atoms with van der Waals surface area (Å²) >= 11 is 0. The largest absolute Gasteiger partial charge is 0.488 e. The fourth-order valence-electron chi connectivity index (χ4n) is 2.66. The lowest BCUT2D eigenvalue weighted by atomic mass is 10.1. The molecule has 0 spiro atoms. The summed E-state index contributed by atoms with van der Waals surface area (Å²) < 4.78 is 38.9. The van der Waals surface area contributed by atoms with Crippen LogP contribution in [0.15, 0.2) is 23.2 Å². The van der Waals surface area contributed by atoms with Crippen LogP contribution < -0.4 is 15.4 Å². The third-order valence-corrected chi connectivity index (χ3v) is 5.12. The predicted molar refractivity (Wildman–Crippen MR) is 125 cm³/mol. The Labute approximate surface area is 190 Å². The van der Waals surface area contributed by atoms with Crippen molar-refractivity contribution in [3.8, 4) is 5.75 Å². The molecule has 166 valence electrons. The van der Waals surface area contributed by atoms with Gasteiger partial charge in [0, 0.05) is 38.4 Å². The summed E-state index contributed by atoms with van der Waals surface area (Å²) in [5, 5.41) is 6.41. The Morgan fingerprint density at radius 1 is 1.31 bits per heavy atom. The van der Waals surface area contributed by atoms with Crippen LogP contribution in [0, 0.1) is 6.92 Å². The van der Waals surface area contributed by atoms with E-state index >= 15 is 0 Å². The maximum Gasteiger partial charge on any atom is 0.191 e. The van der Waals surface area contributed by atoms with Crippen molar-refractivity contribution >= 4 is 39.8 Å². The van der Waals surface area contributed by atoms with Gasteiger partial charge >= 0.3 is 0 Å². The van der Waals surface area contributed by atoms with Crippen molar-refractivity contribution in [1.29, 1.82) is 0 Å². The summed E-state index contributed by atoms with van der Waals surface area (Å²) in [7, 11) is -1.29. The number of aliphatic imine (C=N–C) groups is 1. The Balaban J connectivity index is 0.00000420. The van der Waals surface area contributed by atoms with Gasteiger partial charge in [0.25, 0.3) is 0 Å². The van der Waals surface area contributed by atoms with Crippen molar-refractivity contribution in [2.45, 2.75) is 26.0 Å². The van der Waals surface area contributed by atoms with E-state index in [0.29, 0.717) is 32.3 Å². The molecule has 0 aliphatic carbocycles. The maximum absolute atomic E-state index is 11.1. The van der Waals surface area contributed by atoms with Crippen LogP contribution in [0.4, 0.5) is 0 Å². The first-order valence-electron chi connectivity index (χ1n) is 9.41. The third-order valence-electron chi connectivity index (χ3n) is 4.21. The van der Waals surface area contributed by atoms with Gasteiger partial charge in [-0.25, -0.2) is 8.42 Å². The van der Waals surface area contributed by atoms with Gasteiger partial charge in [0.05, 0.1) is 32.2 Å². The zero-order chi connectivity index (χ0) is 20.4. The minimum absolute atomic E-state index is 0. The first-order chi connectivity index (χ1) is 13.4. The van der Waals surface area contributed by atoms with E-state index in [1.165, 1.54) is 6.26 Å². The van der Waals surface area contributed by atoms with Crippen molar-refractivity contribution < 1.29 is 22.6 Å². The Morgan fingerprint density at radius 2 is 2.10 bits per heavy atom. The number of nitrogens with zero attached hydrogens (tertiary/aromatic N) is 1. The summed E-state index contributed by atoms with van der Waals surface area (Å²) in [5.41, 5.74) is 2.19. The molecule has 2 N–H and O–H groups in total. The maximum atomic E-state index is 11.1. The molecule has 0 saturated carbocycles. The third kappa shape index (κ3) is 10.5. The van der Waals surface area contributed by atoms with Gasteiger partial charge in [0.2, 0.25) is 0 Å². The highest BCUT2D eigenvalue weighted by atomic mass is 127. The highest BCUT2D eigenvalue weighted by molar-refractivity contribution is 14.0. The van der Waals surface area contributed by atoms with Gasteiger partial charge in [0.15, 0.2) is 5.96 Å². The first kappa shape index (κ1) is 25.9. The lowest BCUT2D eigenvalue weighted by Gasteiger charge is -2.18. The van der Waals surface area contributed by atoms with E-state index in [4.69, 9.17) is 14.2 Å². The van der Waals surface area contributed by atoms with Gasteiger partial charge in [-0.2, -0.15) is 0 Å². The van der Waals surface area contributed by atoms with Crippen LogP contribution >= 0.6 is 24.0 Å². The molecule has 2 rings (SSSR count). The fraction of sp³-hybridized carbons (Fsp3) is 0.632. The van der Waals surface area contributed by atoms with Gasteiger partial charge < -0.3 is 24.8 Å². The Bertz CT molecular complexity index is 752. The molecule has 0 amide bonds. The Kier molecular flexibility index (Phi) is 11.8. The van der Waals surface area contributed by atoms with Crippen molar-refractivity contribution in [3.05, 3.63) is 29.3 Å². The number of aryl methyl sites for hydroxylation is 1. The van der Waals surface area contributed by atoms with E-state index in [9.17, 15) is 8.42 Å². The number of nitrogens with one attached hydrogen (secondary N) is 2. The molecule has 1 saturated heterocycles. The molecule has 1 aliphatic heterocycles. The van der Waals surface area contributed by atoms with Gasteiger partial charge in [-0.05, 0) is 18.6 Å². The second-order valence-electron chi connectivity index (χ2n) is 6.81. The molecule has 1 heterocycles. The Hall–Kier alpha value is -1.11. The topological polar surface area (TPSA) is 98.3 Å². The molecule has 8 nitrogen and oxygen atoms in total. The SMILES string of the molecule is CN=C(NCCOCCS(C)(=O)=O)NCc1ccc(C)cc1OC1CCOC1.I. The number of rotatable bonds is 10. The summed E-state index contributed by atoms with van der Waals surface area (Å²) in [6, 6.07) is 6.15. The quantitative estimate of drug-likeness (QED) is 0.201. The normalized spacial score (nSPS) is 16.9. The van der Waals surface area contributed by atoms with E-state index in [0.717, 1.165) is 29.9 Å². The van der Waals surface area contributed by atoms with Crippen LogP contribution in [-0.4, -0.2) is 72.5 Å². The number of guanidine groups is 1. The van der Waals surface area contributed by atoms with Gasteiger partial charge in [-0.1, -0.05) is 12.1 Å². The van der Waals surface area contributed by atoms with Gasteiger partial charge in [-0.15, -0.1) is 24.0 Å². The second-order valence-corrected chi connectivity index (χ2v) is 9.07. The zero-order valence-electron chi connectivity index (χ0n) is 17.3. The number of hydrogen-bond acceptors (Lipinski definition) is 6. The molecule has 0 radical (unpaired) electrons. The van der Waals surface area contributed by atoms with E-state index in [1.54, 1.807) is 7.05 Å². The molecule has 1 aliphatic rings. The van der Waals surface area contributed by atoms with E-state index in [-0.39, 0.29) is 42.4 Å². The Morgan fingerprint density at radius 3 is 2.76 bits per heavy atom. The molecule has 1 aromatic carbocycles. The highest BCUT2D eigenvalue weighted by Crippen LogP contribution is 2.23. The molecule has 1 atom stereocenters. The molecule has 1 fully saturated rings. The van der Waals surface area contributed by atoms with Crippen molar-refractivity contribution in [3.63, 3.8) is 0 Å². The molecule has 10 heteroatoms. The van der Waals surface area contributed by atoms with Crippen LogP contribution in [0.25, 0.3) is 0 Å². The molecule has 1 aromatic rings. The van der Waals surface area contributed by atoms with Crippen molar-refractivity contribution in [2.24, 2.45) is 4.99 Å². The second kappa shape index (κ2) is 13.2. The van der Waals surface area contributed by atoms with Crippen LogP contribution in [0.2, 0.25) is 0 Å². The monoisotopic (exact) mass is 541 g/mol. The average Bonchev–Trinajstić information content (AvgIpc) is 3.14. The average molecular weight is 541 g/mol. The molecular weight excluding hydrogens is 509 g/mol. The zero-order valence-corrected chi connectivity index (χ0v) is 20.4. The van der Waals surface area contributed by atoms with Crippen molar-refractivity contribution in [2.75, 3.05) is 52.0 Å². The fourth-order valence-corrected chi connectivity index (χ4v) is 3.08. The molecule has 29 heavy (non-hydrogen) atoms. The molecular formula is C19H32IN3O5S. The van der Waals surface area contributed by atoms with Crippen molar-refractivity contribution in [1.82, 2.24) is 10.6 Å². The van der Waals surface area contributed by atoms with Gasteiger partial charge in [-0.3, -0.25) is 4.99 Å². The standard InChI is InChI=1S/C19H31N3O5S.HI/c1-15-4-5-16(18(12-15)27-17-6-8-26-14-17)13-22-19(20-2)21-7-9-25-10-11-28(3,23)24;/h4-5,12,17H,6-11,13-14H2,1-3H3,(H2,20,21,22);1H. The predicted octanol–water partition coefficient (Wildman–Crippen LogP) is 1.51. The first-order valence-corrected chi connectivity index (χ1v) is 11.5. The summed E-state index contributed by atoms with van der Waals surface area (Å²) in [5.74, 6) is 1.53. The lowest BCUT2D eigenvalue weighted by Crippen LogP contribution is -2.38. The lowest BCUT2D eigenvalue weighted by molar-refractivity contribution is 0.140. The number of ether oxygens (including phenoxy) is 3. The number of benzene rings is 1. The van der Waals surface area contributed by atoms with Crippen LogP contribution in [0.5, 0.6) is 5.75 Å². The van der Waals surface area contributed by atoms with Crippen LogP contribution in [-0.2, 0) is 25.9 Å².